The summed E-state index contributed by atoms with van der Waals surface area (Å²) in [4.78, 5) is 0.896. The fraction of sp³-hybridized carbons (Fsp3) is 0.0400. The van der Waals surface area contributed by atoms with E-state index in [1.807, 2.05) is 0 Å². The summed E-state index contributed by atoms with van der Waals surface area (Å²) in [6.45, 7) is 0. The Morgan fingerprint density at radius 3 is 1.20 bits per heavy atom. The molecule has 178 valence electrons. The predicted molar refractivity (Wildman–Crippen MR) is 109 cm³/mol. The summed E-state index contributed by atoms with van der Waals surface area (Å²) in [6, 6.07) is 12.5. The fourth-order valence-electron chi connectivity index (χ4n) is 4.19. The van der Waals surface area contributed by atoms with Gasteiger partial charge >= 0.3 is 0 Å². The molecule has 0 fully saturated rings. The van der Waals surface area contributed by atoms with Crippen LogP contribution in [0.3, 0.4) is 0 Å². The lowest BCUT2D eigenvalue weighted by Gasteiger charge is -2.34. The highest BCUT2D eigenvalue weighted by Crippen LogP contribution is 2.48. The minimum Gasteiger partial charge on any atom is -0.305 e. The van der Waals surface area contributed by atoms with Crippen molar-refractivity contribution in [3.63, 3.8) is 0 Å². The van der Waals surface area contributed by atoms with Crippen LogP contribution >= 0.6 is 0 Å². The van der Waals surface area contributed by atoms with Crippen molar-refractivity contribution in [2.24, 2.45) is 0 Å². The van der Waals surface area contributed by atoms with Gasteiger partial charge in [-0.3, -0.25) is 0 Å². The van der Waals surface area contributed by atoms with Crippen molar-refractivity contribution < 1.29 is 39.5 Å². The summed E-state index contributed by atoms with van der Waals surface area (Å²) in [7, 11) is 0. The Hall–Kier alpha value is -3.95. The summed E-state index contributed by atoms with van der Waals surface area (Å²) >= 11 is 0. The Kier molecular flexibility index (Phi) is 5.26. The van der Waals surface area contributed by atoms with Gasteiger partial charge in [-0.15, -0.1) is 0 Å². The maximum atomic E-state index is 15.4. The van der Waals surface area contributed by atoms with Gasteiger partial charge in [0.05, 0.1) is 11.1 Å². The maximum Gasteiger partial charge on any atom is 0.200 e. The van der Waals surface area contributed by atoms with Crippen molar-refractivity contribution >= 4 is 17.1 Å². The molecule has 0 aromatic heterocycles. The van der Waals surface area contributed by atoms with Crippen molar-refractivity contribution in [3.8, 4) is 11.1 Å². The second-order valence-electron chi connectivity index (χ2n) is 7.69. The molecule has 1 aliphatic rings. The predicted octanol–water partition coefficient (Wildman–Crippen LogP) is 7.98. The second-order valence-corrected chi connectivity index (χ2v) is 7.69. The Morgan fingerprint density at radius 1 is 0.429 bits per heavy atom. The number of nitrogens with zero attached hydrogens (tertiary/aromatic N) is 1. The number of hydrogen-bond acceptors (Lipinski definition) is 1. The van der Waals surface area contributed by atoms with Crippen molar-refractivity contribution in [1.82, 2.24) is 0 Å². The van der Waals surface area contributed by atoms with E-state index in [2.05, 4.69) is 0 Å². The van der Waals surface area contributed by atoms with Crippen LogP contribution in [0, 0.1) is 52.4 Å². The average molecular weight is 495 g/mol. The van der Waals surface area contributed by atoms with Crippen LogP contribution in [-0.4, -0.2) is 0 Å². The SMILES string of the molecule is Fc1c(F)c(F)c(-c2c(F)c(F)c(N3c4ccccc4Cc4ccccc43)c(F)c2F)c(F)c1F. The second kappa shape index (κ2) is 8.07. The molecular weight excluding hydrogens is 485 g/mol. The van der Waals surface area contributed by atoms with Crippen LogP contribution in [0.4, 0.5) is 56.6 Å². The molecular formula is C25H10F9N. The first-order valence-electron chi connectivity index (χ1n) is 9.98. The van der Waals surface area contributed by atoms with E-state index >= 15 is 17.6 Å². The van der Waals surface area contributed by atoms with Crippen LogP contribution in [-0.2, 0) is 6.42 Å². The molecule has 0 amide bonds. The van der Waals surface area contributed by atoms with Crippen molar-refractivity contribution in [2.45, 2.75) is 6.42 Å². The molecule has 0 N–H and O–H groups in total. The number of anilines is 3. The van der Waals surface area contributed by atoms with Gasteiger partial charge in [0.1, 0.15) is 5.69 Å². The number of benzene rings is 4. The first-order chi connectivity index (χ1) is 16.6. The highest BCUT2D eigenvalue weighted by molar-refractivity contribution is 5.85. The van der Waals surface area contributed by atoms with Gasteiger partial charge in [-0.2, -0.15) is 0 Å². The molecule has 0 saturated heterocycles. The Morgan fingerprint density at radius 2 is 0.771 bits per heavy atom. The lowest BCUT2D eigenvalue weighted by atomic mass is 9.94. The van der Waals surface area contributed by atoms with E-state index in [4.69, 9.17) is 0 Å². The Bertz CT molecular complexity index is 1430. The standard InChI is InChI=1S/C25H10F9N/c26-16-14(17(27)21(31)22(32)20(16)30)15-18(28)23(33)25(24(34)19(15)29)35-12-7-3-1-5-10(12)9-11-6-2-4-8-13(11)35/h1-8H,9H2. The largest absolute Gasteiger partial charge is 0.305 e. The number of rotatable bonds is 2. The van der Waals surface area contributed by atoms with E-state index in [0.29, 0.717) is 17.5 Å². The van der Waals surface area contributed by atoms with Crippen LogP contribution in [0.2, 0.25) is 0 Å². The summed E-state index contributed by atoms with van der Waals surface area (Å²) in [5.74, 6) is -21.8. The topological polar surface area (TPSA) is 3.24 Å². The molecule has 10 heteroatoms. The molecule has 0 bridgehead atoms. The molecule has 4 aromatic rings. The third-order valence-corrected chi connectivity index (χ3v) is 5.77. The monoisotopic (exact) mass is 495 g/mol. The molecule has 0 aliphatic carbocycles. The van der Waals surface area contributed by atoms with E-state index < -0.39 is 69.2 Å². The average Bonchev–Trinajstić information content (AvgIpc) is 2.86. The highest BCUT2D eigenvalue weighted by atomic mass is 19.2. The zero-order valence-electron chi connectivity index (χ0n) is 17.2. The molecule has 1 heterocycles. The van der Waals surface area contributed by atoms with Crippen molar-refractivity contribution in [3.05, 3.63) is 112 Å². The zero-order chi connectivity index (χ0) is 25.2. The number of fused-ring (bicyclic) bond motifs is 2. The van der Waals surface area contributed by atoms with Gasteiger partial charge < -0.3 is 4.90 Å². The van der Waals surface area contributed by atoms with Crippen LogP contribution in [0.25, 0.3) is 11.1 Å². The first kappa shape index (κ1) is 22.8. The highest BCUT2D eigenvalue weighted by Gasteiger charge is 2.37. The van der Waals surface area contributed by atoms with E-state index in [0.717, 1.165) is 4.90 Å². The quantitative estimate of drug-likeness (QED) is 0.136. The third kappa shape index (κ3) is 3.19. The van der Waals surface area contributed by atoms with E-state index in [9.17, 15) is 22.0 Å². The van der Waals surface area contributed by atoms with Crippen molar-refractivity contribution in [1.29, 1.82) is 0 Å². The number of hydrogen-bond donors (Lipinski definition) is 0. The fourth-order valence-corrected chi connectivity index (χ4v) is 4.19. The lowest BCUT2D eigenvalue weighted by Crippen LogP contribution is -2.22. The normalized spacial score (nSPS) is 12.5. The zero-order valence-corrected chi connectivity index (χ0v) is 17.2. The molecule has 1 aliphatic heterocycles. The van der Waals surface area contributed by atoms with Gasteiger partial charge in [-0.25, -0.2) is 39.5 Å². The molecule has 0 saturated carbocycles. The Balaban J connectivity index is 1.84. The van der Waals surface area contributed by atoms with E-state index in [1.54, 1.807) is 24.3 Å². The van der Waals surface area contributed by atoms with Crippen LogP contribution in [0.1, 0.15) is 11.1 Å². The third-order valence-electron chi connectivity index (χ3n) is 5.77. The molecule has 0 atom stereocenters. The Labute approximate surface area is 191 Å². The van der Waals surface area contributed by atoms with Crippen molar-refractivity contribution in [2.75, 3.05) is 4.90 Å². The van der Waals surface area contributed by atoms with Crippen LogP contribution in [0.15, 0.2) is 48.5 Å². The molecule has 35 heavy (non-hydrogen) atoms. The molecule has 0 unspecified atom stereocenters. The van der Waals surface area contributed by atoms with Gasteiger partial charge in [0, 0.05) is 17.8 Å². The summed E-state index contributed by atoms with van der Waals surface area (Å²) in [5.41, 5.74) is -3.99. The van der Waals surface area contributed by atoms with Crippen LogP contribution in [0.5, 0.6) is 0 Å². The summed E-state index contributed by atoms with van der Waals surface area (Å²) in [6.07, 6.45) is 0.333. The van der Waals surface area contributed by atoms with Gasteiger partial charge in [0.2, 0.25) is 5.82 Å². The van der Waals surface area contributed by atoms with Crippen LogP contribution < -0.4 is 4.90 Å². The van der Waals surface area contributed by atoms with E-state index in [1.165, 1.54) is 24.3 Å². The van der Waals surface area contributed by atoms with Gasteiger partial charge in [-0.1, -0.05) is 36.4 Å². The number of para-hydroxylation sites is 2. The lowest BCUT2D eigenvalue weighted by molar-refractivity contribution is 0.379. The van der Waals surface area contributed by atoms with Gasteiger partial charge in [-0.05, 0) is 23.3 Å². The molecule has 4 aromatic carbocycles. The first-order valence-corrected chi connectivity index (χ1v) is 9.98. The van der Waals surface area contributed by atoms with Gasteiger partial charge in [0.15, 0.2) is 46.5 Å². The minimum atomic E-state index is -2.61. The number of halogens is 9. The molecule has 1 nitrogen and oxygen atoms in total. The smallest absolute Gasteiger partial charge is 0.200 e. The molecule has 0 radical (unpaired) electrons. The minimum absolute atomic E-state index is 0.173. The maximum absolute atomic E-state index is 15.4. The van der Waals surface area contributed by atoms with E-state index in [-0.39, 0.29) is 11.4 Å². The molecule has 5 rings (SSSR count). The molecule has 0 spiro atoms. The summed E-state index contributed by atoms with van der Waals surface area (Å²) < 4.78 is 130. The van der Waals surface area contributed by atoms with Gasteiger partial charge in [0.25, 0.3) is 0 Å². The summed E-state index contributed by atoms with van der Waals surface area (Å²) in [5, 5.41) is 0.